The van der Waals surface area contributed by atoms with Crippen molar-refractivity contribution in [2.24, 2.45) is 0 Å². The predicted molar refractivity (Wildman–Crippen MR) is 72.1 cm³/mol. The van der Waals surface area contributed by atoms with E-state index in [0.29, 0.717) is 11.3 Å². The van der Waals surface area contributed by atoms with Crippen LogP contribution in [0.1, 0.15) is 31.0 Å². The number of aromatic nitrogens is 1. The quantitative estimate of drug-likeness (QED) is 0.823. The van der Waals surface area contributed by atoms with Crippen LogP contribution >= 0.6 is 0 Å². The van der Waals surface area contributed by atoms with Crippen molar-refractivity contribution in [2.45, 2.75) is 26.7 Å². The molecule has 0 unspecified atom stereocenters. The fourth-order valence-electron chi connectivity index (χ4n) is 2.03. The van der Waals surface area contributed by atoms with Crippen molar-refractivity contribution >= 4 is 0 Å². The Morgan fingerprint density at radius 1 is 1.17 bits per heavy atom. The van der Waals surface area contributed by atoms with Gasteiger partial charge in [-0.25, -0.2) is 0 Å². The van der Waals surface area contributed by atoms with Crippen molar-refractivity contribution in [3.05, 3.63) is 58.0 Å². The molecule has 0 bridgehead atoms. The summed E-state index contributed by atoms with van der Waals surface area (Å²) in [4.78, 5) is 11.9. The van der Waals surface area contributed by atoms with Gasteiger partial charge in [0.1, 0.15) is 0 Å². The second kappa shape index (κ2) is 4.69. The van der Waals surface area contributed by atoms with Gasteiger partial charge in [0.15, 0.2) is 0 Å². The topological polar surface area (TPSA) is 42.2 Å². The Bertz CT molecular complexity index is 612. The molecule has 1 aromatic carbocycles. The first-order valence-corrected chi connectivity index (χ1v) is 6.03. The van der Waals surface area contributed by atoms with Crippen molar-refractivity contribution in [1.29, 1.82) is 0 Å². The van der Waals surface area contributed by atoms with Crippen LogP contribution in [0, 0.1) is 6.92 Å². The molecule has 3 heteroatoms. The van der Waals surface area contributed by atoms with Gasteiger partial charge in [0.2, 0.25) is 0 Å². The van der Waals surface area contributed by atoms with Crippen molar-refractivity contribution < 1.29 is 5.21 Å². The van der Waals surface area contributed by atoms with Gasteiger partial charge in [-0.3, -0.25) is 4.79 Å². The number of pyridine rings is 1. The van der Waals surface area contributed by atoms with Crippen LogP contribution in [0.2, 0.25) is 0 Å². The predicted octanol–water partition coefficient (Wildman–Crippen LogP) is 3.18. The first kappa shape index (κ1) is 12.4. The van der Waals surface area contributed by atoms with Gasteiger partial charge in [-0.15, -0.1) is 0 Å². The zero-order chi connectivity index (χ0) is 13.3. The third-order valence-corrected chi connectivity index (χ3v) is 3.15. The van der Waals surface area contributed by atoms with Crippen molar-refractivity contribution in [3.63, 3.8) is 0 Å². The molecule has 2 aromatic rings. The molecule has 0 saturated carbocycles. The Morgan fingerprint density at radius 3 is 2.33 bits per heavy atom. The molecule has 1 heterocycles. The highest BCUT2D eigenvalue weighted by Crippen LogP contribution is 2.24. The Balaban J connectivity index is 2.73. The minimum atomic E-state index is -0.331. The van der Waals surface area contributed by atoms with E-state index in [2.05, 4.69) is 0 Å². The van der Waals surface area contributed by atoms with Crippen molar-refractivity contribution in [3.8, 4) is 11.1 Å². The van der Waals surface area contributed by atoms with Crippen LogP contribution in [0.4, 0.5) is 0 Å². The lowest BCUT2D eigenvalue weighted by atomic mass is 9.98. The third-order valence-electron chi connectivity index (χ3n) is 3.15. The summed E-state index contributed by atoms with van der Waals surface area (Å²) in [5.74, 6) is 0.0824. The standard InChI is InChI=1S/C15H17NO2/c1-10(2)13-9-14(11(3)16(18)15(13)17)12-7-5-4-6-8-12/h4-10,18H,1-3H3. The Hall–Kier alpha value is -2.03. The van der Waals surface area contributed by atoms with E-state index in [1.807, 2.05) is 50.2 Å². The monoisotopic (exact) mass is 243 g/mol. The van der Waals surface area contributed by atoms with E-state index in [1.54, 1.807) is 6.92 Å². The fraction of sp³-hybridized carbons (Fsp3) is 0.267. The molecule has 0 spiro atoms. The van der Waals surface area contributed by atoms with Crippen molar-refractivity contribution in [1.82, 2.24) is 4.73 Å². The Labute approximate surface area is 106 Å². The fourth-order valence-corrected chi connectivity index (χ4v) is 2.03. The van der Waals surface area contributed by atoms with E-state index >= 15 is 0 Å². The van der Waals surface area contributed by atoms with E-state index in [4.69, 9.17) is 0 Å². The Kier molecular flexibility index (Phi) is 3.24. The van der Waals surface area contributed by atoms with E-state index in [9.17, 15) is 10.0 Å². The van der Waals surface area contributed by atoms with Gasteiger partial charge in [0.05, 0.1) is 5.69 Å². The number of hydrogen-bond acceptors (Lipinski definition) is 2. The van der Waals surface area contributed by atoms with Crippen LogP contribution in [-0.4, -0.2) is 9.94 Å². The third kappa shape index (κ3) is 2.04. The molecule has 18 heavy (non-hydrogen) atoms. The number of hydrogen-bond donors (Lipinski definition) is 1. The average Bonchev–Trinajstić information content (AvgIpc) is 2.37. The van der Waals surface area contributed by atoms with E-state index in [1.165, 1.54) is 0 Å². The van der Waals surface area contributed by atoms with Crippen LogP contribution in [0.25, 0.3) is 11.1 Å². The first-order valence-electron chi connectivity index (χ1n) is 6.03. The van der Waals surface area contributed by atoms with Gasteiger partial charge < -0.3 is 5.21 Å². The molecule has 0 atom stereocenters. The number of benzene rings is 1. The van der Waals surface area contributed by atoms with Crippen LogP contribution < -0.4 is 5.56 Å². The molecular weight excluding hydrogens is 226 g/mol. The summed E-state index contributed by atoms with van der Waals surface area (Å²) in [7, 11) is 0. The molecule has 0 saturated heterocycles. The highest BCUT2D eigenvalue weighted by atomic mass is 16.5. The second-order valence-corrected chi connectivity index (χ2v) is 4.74. The van der Waals surface area contributed by atoms with Gasteiger partial charge in [-0.1, -0.05) is 44.2 Å². The van der Waals surface area contributed by atoms with Gasteiger partial charge in [-0.05, 0) is 24.5 Å². The minimum Gasteiger partial charge on any atom is -0.425 e. The van der Waals surface area contributed by atoms with Gasteiger partial charge in [0.25, 0.3) is 5.56 Å². The molecule has 0 aliphatic carbocycles. The van der Waals surface area contributed by atoms with Crippen LogP contribution in [0.3, 0.4) is 0 Å². The number of nitrogens with zero attached hydrogens (tertiary/aromatic N) is 1. The normalized spacial score (nSPS) is 10.9. The SMILES string of the molecule is Cc1c(-c2ccccc2)cc(C(C)C)c(=O)n1O. The summed E-state index contributed by atoms with van der Waals surface area (Å²) < 4.78 is 0.748. The van der Waals surface area contributed by atoms with Crippen LogP contribution in [0.15, 0.2) is 41.2 Å². The minimum absolute atomic E-state index is 0.0824. The van der Waals surface area contributed by atoms with Crippen LogP contribution in [-0.2, 0) is 0 Å². The van der Waals surface area contributed by atoms with Crippen LogP contribution in [0.5, 0.6) is 0 Å². The molecule has 0 aliphatic heterocycles. The average molecular weight is 243 g/mol. The molecule has 0 radical (unpaired) electrons. The molecule has 1 aromatic heterocycles. The lowest BCUT2D eigenvalue weighted by Gasteiger charge is -2.13. The summed E-state index contributed by atoms with van der Waals surface area (Å²) in [5.41, 5.74) is 2.75. The molecule has 94 valence electrons. The van der Waals surface area contributed by atoms with Crippen molar-refractivity contribution in [2.75, 3.05) is 0 Å². The van der Waals surface area contributed by atoms with Gasteiger partial charge >= 0.3 is 0 Å². The molecule has 0 amide bonds. The van der Waals surface area contributed by atoms with E-state index < -0.39 is 0 Å². The Morgan fingerprint density at radius 2 is 1.78 bits per heavy atom. The lowest BCUT2D eigenvalue weighted by molar-refractivity contribution is 0.167. The summed E-state index contributed by atoms with van der Waals surface area (Å²) in [5, 5.41) is 9.88. The summed E-state index contributed by atoms with van der Waals surface area (Å²) in [6, 6.07) is 11.6. The smallest absolute Gasteiger partial charge is 0.286 e. The summed E-state index contributed by atoms with van der Waals surface area (Å²) in [6.07, 6.45) is 0. The molecule has 0 aliphatic rings. The maximum Gasteiger partial charge on any atom is 0.286 e. The second-order valence-electron chi connectivity index (χ2n) is 4.74. The zero-order valence-corrected chi connectivity index (χ0v) is 10.8. The first-order chi connectivity index (χ1) is 8.52. The number of rotatable bonds is 2. The summed E-state index contributed by atoms with van der Waals surface area (Å²) in [6.45, 7) is 5.63. The maximum atomic E-state index is 11.9. The highest BCUT2D eigenvalue weighted by Gasteiger charge is 2.14. The molecule has 2 rings (SSSR count). The van der Waals surface area contributed by atoms with Gasteiger partial charge in [-0.2, -0.15) is 4.73 Å². The molecule has 0 fully saturated rings. The molecule has 3 nitrogen and oxygen atoms in total. The van der Waals surface area contributed by atoms with Gasteiger partial charge in [0, 0.05) is 11.1 Å². The van der Waals surface area contributed by atoms with E-state index in [0.717, 1.165) is 15.9 Å². The molecular formula is C15H17NO2. The molecule has 1 N–H and O–H groups in total. The lowest BCUT2D eigenvalue weighted by Crippen LogP contribution is -2.25. The summed E-state index contributed by atoms with van der Waals surface area (Å²) >= 11 is 0. The highest BCUT2D eigenvalue weighted by molar-refractivity contribution is 5.66. The largest absolute Gasteiger partial charge is 0.425 e. The maximum absolute atomic E-state index is 11.9. The zero-order valence-electron chi connectivity index (χ0n) is 10.8. The van der Waals surface area contributed by atoms with E-state index in [-0.39, 0.29) is 11.5 Å².